The Labute approximate surface area is 242 Å². The number of anilines is 7. The van der Waals surface area contributed by atoms with Crippen LogP contribution in [-0.2, 0) is 0 Å². The van der Waals surface area contributed by atoms with Gasteiger partial charge in [-0.25, -0.2) is 0 Å². The molecule has 6 rings (SSSR count). The van der Waals surface area contributed by atoms with Crippen LogP contribution in [0.5, 0.6) is 0 Å². The highest BCUT2D eigenvalue weighted by Gasteiger charge is 2.22. The van der Waals surface area contributed by atoms with Crippen molar-refractivity contribution in [1.82, 2.24) is 0 Å². The molecule has 4 nitrogen and oxygen atoms in total. The van der Waals surface area contributed by atoms with Crippen molar-refractivity contribution in [3.05, 3.63) is 164 Å². The number of fused-ring (bicyclic) bond motifs is 4. The van der Waals surface area contributed by atoms with Gasteiger partial charge in [0.1, 0.15) is 0 Å². The highest BCUT2D eigenvalue weighted by atomic mass is 15.2. The van der Waals surface area contributed by atoms with Crippen LogP contribution >= 0.6 is 0 Å². The molecule has 4 heteroatoms. The van der Waals surface area contributed by atoms with Crippen LogP contribution in [0.2, 0.25) is 0 Å². The second kappa shape index (κ2) is 11.8. The number of hydrogen-bond donors (Lipinski definition) is 0. The Bertz CT molecular complexity index is 1690. The van der Waals surface area contributed by atoms with Crippen LogP contribution in [0, 0.1) is 0 Å². The van der Waals surface area contributed by atoms with Gasteiger partial charge in [0, 0.05) is 58.3 Å². The second-order valence-corrected chi connectivity index (χ2v) is 9.74. The monoisotopic (exact) mass is 532 g/mol. The van der Waals surface area contributed by atoms with Gasteiger partial charge in [-0.15, -0.1) is 0 Å². The van der Waals surface area contributed by atoms with Gasteiger partial charge in [-0.3, -0.25) is 4.99 Å². The third-order valence-corrected chi connectivity index (χ3v) is 7.00. The van der Waals surface area contributed by atoms with E-state index in [1.54, 1.807) is 0 Å². The van der Waals surface area contributed by atoms with E-state index >= 15 is 0 Å². The van der Waals surface area contributed by atoms with Crippen LogP contribution in [0.25, 0.3) is 0 Å². The van der Waals surface area contributed by atoms with E-state index in [0.29, 0.717) is 6.54 Å². The number of nitrogens with zero attached hydrogens (tertiary/aromatic N) is 4. The van der Waals surface area contributed by atoms with Crippen LogP contribution in [0.3, 0.4) is 0 Å². The molecule has 0 fully saturated rings. The molecule has 1 aliphatic heterocycles. The largest absolute Gasteiger partial charge is 0.311 e. The van der Waals surface area contributed by atoms with Crippen LogP contribution in [0.15, 0.2) is 169 Å². The Hall–Kier alpha value is -5.35. The van der Waals surface area contributed by atoms with E-state index < -0.39 is 0 Å². The molecule has 0 atom stereocenters. The molecular weight excluding hydrogens is 500 g/mol. The molecule has 41 heavy (non-hydrogen) atoms. The number of aliphatic imine (C=N–C) groups is 1. The number of allylic oxidation sites excluding steroid dienone is 2. The Morgan fingerprint density at radius 3 is 1.39 bits per heavy atom. The fraction of sp³-hybridized carbons (Fsp3) is 0.0541. The zero-order chi connectivity index (χ0) is 28.0. The minimum atomic E-state index is 0.679. The summed E-state index contributed by atoms with van der Waals surface area (Å²) >= 11 is 0. The lowest BCUT2D eigenvalue weighted by Gasteiger charge is -2.33. The SMILES string of the molecule is C=C1C=C(C=NCC)N(c2ccccc2)c2cccc(c2)N(c2ccccc2)c2cccc(c2)N1c1ccccc1. The van der Waals surface area contributed by atoms with E-state index in [4.69, 9.17) is 4.99 Å². The Kier molecular flexibility index (Phi) is 7.46. The average Bonchev–Trinajstić information content (AvgIpc) is 3.02. The molecule has 0 unspecified atom stereocenters. The third-order valence-electron chi connectivity index (χ3n) is 7.00. The predicted molar refractivity (Wildman–Crippen MR) is 175 cm³/mol. The standard InChI is InChI=1S/C37H32N4/c1-3-38-28-37-25-29(2)39(30-15-7-4-8-16-30)33-21-13-22-34(26-33)40(31-17-9-5-10-18-31)35-23-14-24-36(27-35)41(37)32-19-11-6-12-20-32/h4-28H,2-3H2,1H3. The molecule has 4 bridgehead atoms. The van der Waals surface area contributed by atoms with E-state index in [9.17, 15) is 0 Å². The second-order valence-electron chi connectivity index (χ2n) is 9.74. The molecule has 1 aliphatic rings. The lowest BCUT2D eigenvalue weighted by atomic mass is 10.1. The van der Waals surface area contributed by atoms with Gasteiger partial charge in [0.2, 0.25) is 0 Å². The van der Waals surface area contributed by atoms with Crippen molar-refractivity contribution in [2.24, 2.45) is 4.99 Å². The fourth-order valence-electron chi connectivity index (χ4n) is 5.23. The Morgan fingerprint density at radius 1 is 0.512 bits per heavy atom. The summed E-state index contributed by atoms with van der Waals surface area (Å²) in [6.45, 7) is 7.32. The summed E-state index contributed by atoms with van der Waals surface area (Å²) in [6, 6.07) is 48.6. The maximum absolute atomic E-state index is 4.69. The van der Waals surface area contributed by atoms with E-state index in [2.05, 4.69) is 155 Å². The summed E-state index contributed by atoms with van der Waals surface area (Å²) in [5, 5.41) is 0. The smallest absolute Gasteiger partial charge is 0.0660 e. The minimum Gasteiger partial charge on any atom is -0.311 e. The van der Waals surface area contributed by atoms with Gasteiger partial charge >= 0.3 is 0 Å². The molecule has 5 aromatic rings. The molecule has 0 aromatic heterocycles. The molecule has 0 radical (unpaired) electrons. The van der Waals surface area contributed by atoms with Crippen molar-refractivity contribution in [2.45, 2.75) is 6.92 Å². The first kappa shape index (κ1) is 25.9. The highest BCUT2D eigenvalue weighted by molar-refractivity contribution is 5.92. The highest BCUT2D eigenvalue weighted by Crippen LogP contribution is 2.42. The van der Waals surface area contributed by atoms with Gasteiger partial charge in [-0.1, -0.05) is 73.3 Å². The fourth-order valence-corrected chi connectivity index (χ4v) is 5.23. The van der Waals surface area contributed by atoms with E-state index in [1.807, 2.05) is 25.3 Å². The molecule has 0 saturated carbocycles. The Morgan fingerprint density at radius 2 is 0.902 bits per heavy atom. The van der Waals surface area contributed by atoms with Crippen molar-refractivity contribution >= 4 is 46.0 Å². The van der Waals surface area contributed by atoms with Gasteiger partial charge < -0.3 is 14.7 Å². The average molecular weight is 533 g/mol. The summed E-state index contributed by atoms with van der Waals surface area (Å²) in [7, 11) is 0. The zero-order valence-electron chi connectivity index (χ0n) is 23.1. The van der Waals surface area contributed by atoms with E-state index in [0.717, 1.165) is 51.2 Å². The summed E-state index contributed by atoms with van der Waals surface area (Å²) in [6.07, 6.45) is 4.07. The summed E-state index contributed by atoms with van der Waals surface area (Å²) in [4.78, 5) is 11.4. The Balaban J connectivity index is 1.67. The summed E-state index contributed by atoms with van der Waals surface area (Å²) < 4.78 is 0. The predicted octanol–water partition coefficient (Wildman–Crippen LogP) is 9.93. The summed E-state index contributed by atoms with van der Waals surface area (Å²) in [5.41, 5.74) is 9.07. The van der Waals surface area contributed by atoms with E-state index in [1.165, 1.54) is 0 Å². The molecular formula is C37H32N4. The molecule has 0 spiro atoms. The first-order valence-corrected chi connectivity index (χ1v) is 13.9. The number of rotatable bonds is 5. The van der Waals surface area contributed by atoms with Crippen molar-refractivity contribution in [3.8, 4) is 0 Å². The number of benzene rings is 5. The normalized spacial score (nSPS) is 13.5. The minimum absolute atomic E-state index is 0.679. The van der Waals surface area contributed by atoms with Crippen molar-refractivity contribution in [2.75, 3.05) is 21.2 Å². The molecule has 0 amide bonds. The van der Waals surface area contributed by atoms with Gasteiger partial charge in [0.25, 0.3) is 0 Å². The molecule has 200 valence electrons. The summed E-state index contributed by atoms with van der Waals surface area (Å²) in [5.74, 6) is 0. The number of hydrogen-bond acceptors (Lipinski definition) is 4. The molecule has 5 aromatic carbocycles. The van der Waals surface area contributed by atoms with Gasteiger partial charge in [-0.05, 0) is 85.8 Å². The first-order valence-electron chi connectivity index (χ1n) is 13.9. The lowest BCUT2D eigenvalue weighted by Crippen LogP contribution is -2.22. The van der Waals surface area contributed by atoms with Crippen LogP contribution in [-0.4, -0.2) is 12.8 Å². The van der Waals surface area contributed by atoms with Gasteiger partial charge in [0.15, 0.2) is 0 Å². The molecule has 0 aliphatic carbocycles. The number of para-hydroxylation sites is 3. The molecule has 0 saturated heterocycles. The van der Waals surface area contributed by atoms with Gasteiger partial charge in [-0.2, -0.15) is 0 Å². The molecule has 0 N–H and O–H groups in total. The van der Waals surface area contributed by atoms with Crippen LogP contribution in [0.4, 0.5) is 39.8 Å². The van der Waals surface area contributed by atoms with Crippen molar-refractivity contribution in [3.63, 3.8) is 0 Å². The third kappa shape index (κ3) is 5.41. The first-order chi connectivity index (χ1) is 20.2. The van der Waals surface area contributed by atoms with Crippen molar-refractivity contribution in [1.29, 1.82) is 0 Å². The lowest BCUT2D eigenvalue weighted by molar-refractivity contribution is 1.12. The zero-order valence-corrected chi connectivity index (χ0v) is 23.1. The quantitative estimate of drug-likeness (QED) is 0.210. The molecule has 1 heterocycles. The maximum Gasteiger partial charge on any atom is 0.0660 e. The van der Waals surface area contributed by atoms with Crippen LogP contribution in [0.1, 0.15) is 6.92 Å². The van der Waals surface area contributed by atoms with Gasteiger partial charge in [0.05, 0.1) is 5.70 Å². The van der Waals surface area contributed by atoms with E-state index in [-0.39, 0.29) is 0 Å². The van der Waals surface area contributed by atoms with Crippen molar-refractivity contribution < 1.29 is 0 Å². The maximum atomic E-state index is 4.69. The topological polar surface area (TPSA) is 22.1 Å². The van der Waals surface area contributed by atoms with Crippen LogP contribution < -0.4 is 14.7 Å².